The summed E-state index contributed by atoms with van der Waals surface area (Å²) in [5.74, 6) is 2.35. The predicted octanol–water partition coefficient (Wildman–Crippen LogP) is 3.24. The van der Waals surface area contributed by atoms with Gasteiger partial charge in [0, 0.05) is 24.2 Å². The molecule has 0 fully saturated rings. The van der Waals surface area contributed by atoms with E-state index in [0.29, 0.717) is 12.6 Å². The monoisotopic (exact) mass is 286 g/mol. The van der Waals surface area contributed by atoms with Gasteiger partial charge in [0.15, 0.2) is 0 Å². The third-order valence-electron chi connectivity index (χ3n) is 3.02. The quantitative estimate of drug-likeness (QED) is 0.744. The maximum Gasteiger partial charge on any atom is 0.0409 e. The molecule has 0 saturated heterocycles. The zero-order valence-electron chi connectivity index (χ0n) is 11.2. The van der Waals surface area contributed by atoms with E-state index in [1.165, 1.54) is 17.1 Å². The molecule has 1 aromatic carbocycles. The van der Waals surface area contributed by atoms with Crippen molar-refractivity contribution in [1.29, 1.82) is 0 Å². The Hall–Kier alpha value is -0.220. The molecule has 0 saturated carbocycles. The van der Waals surface area contributed by atoms with Crippen LogP contribution in [0.25, 0.3) is 0 Å². The Balaban J connectivity index is 2.48. The fourth-order valence-electron chi connectivity index (χ4n) is 1.93. The maximum atomic E-state index is 6.00. The second-order valence-corrected chi connectivity index (χ2v) is 6.25. The van der Waals surface area contributed by atoms with Crippen molar-refractivity contribution in [2.24, 2.45) is 5.73 Å². The smallest absolute Gasteiger partial charge is 0.0409 e. The molecule has 2 nitrogen and oxygen atoms in total. The van der Waals surface area contributed by atoms with E-state index in [9.17, 15) is 0 Å². The largest absolute Gasteiger partial charge is 0.329 e. The fraction of sp³-hybridized carbons (Fsp3) is 0.571. The van der Waals surface area contributed by atoms with Gasteiger partial charge in [0.2, 0.25) is 0 Å². The topological polar surface area (TPSA) is 29.3 Å². The van der Waals surface area contributed by atoms with Gasteiger partial charge in [-0.3, -0.25) is 4.90 Å². The molecule has 1 rings (SSSR count). The van der Waals surface area contributed by atoms with Crippen LogP contribution in [-0.4, -0.2) is 36.0 Å². The zero-order valence-corrected chi connectivity index (χ0v) is 12.8. The van der Waals surface area contributed by atoms with Crippen LogP contribution in [0, 0.1) is 0 Å². The van der Waals surface area contributed by atoms with Crippen LogP contribution in [0.2, 0.25) is 5.02 Å². The van der Waals surface area contributed by atoms with E-state index in [1.807, 2.05) is 30.0 Å². The molecule has 0 heterocycles. The molecule has 0 bridgehead atoms. The summed E-state index contributed by atoms with van der Waals surface area (Å²) in [7, 11) is 2.13. The van der Waals surface area contributed by atoms with E-state index in [2.05, 4.69) is 24.9 Å². The fourth-order valence-corrected chi connectivity index (χ4v) is 2.87. The van der Waals surface area contributed by atoms with Crippen LogP contribution in [0.3, 0.4) is 0 Å². The van der Waals surface area contributed by atoms with Gasteiger partial charge in [-0.25, -0.2) is 0 Å². The summed E-state index contributed by atoms with van der Waals surface area (Å²) in [5, 5.41) is 0.798. The van der Waals surface area contributed by atoms with Gasteiger partial charge in [0.1, 0.15) is 0 Å². The lowest BCUT2D eigenvalue weighted by Gasteiger charge is -2.27. The highest BCUT2D eigenvalue weighted by Crippen LogP contribution is 2.15. The van der Waals surface area contributed by atoms with Gasteiger partial charge in [-0.15, -0.1) is 0 Å². The standard InChI is InChI=1S/C14H23ClN2S/c1-3-18-8-7-14(10-16)17(2)11-12-5-4-6-13(15)9-12/h4-6,9,14H,3,7-8,10-11,16H2,1-2H3. The van der Waals surface area contributed by atoms with Crippen molar-refractivity contribution < 1.29 is 0 Å². The average molecular weight is 287 g/mol. The molecule has 0 aliphatic heterocycles. The lowest BCUT2D eigenvalue weighted by Crippen LogP contribution is -2.37. The first-order chi connectivity index (χ1) is 8.67. The number of hydrogen-bond donors (Lipinski definition) is 1. The zero-order chi connectivity index (χ0) is 13.4. The highest BCUT2D eigenvalue weighted by Gasteiger charge is 2.13. The van der Waals surface area contributed by atoms with Gasteiger partial charge in [-0.05, 0) is 42.7 Å². The van der Waals surface area contributed by atoms with E-state index < -0.39 is 0 Å². The Bertz CT molecular complexity index is 346. The summed E-state index contributed by atoms with van der Waals surface area (Å²) in [6.07, 6.45) is 1.14. The van der Waals surface area contributed by atoms with Crippen molar-refractivity contribution in [3.05, 3.63) is 34.9 Å². The number of benzene rings is 1. The van der Waals surface area contributed by atoms with Crippen LogP contribution < -0.4 is 5.73 Å². The van der Waals surface area contributed by atoms with Crippen LogP contribution in [0.5, 0.6) is 0 Å². The molecule has 2 N–H and O–H groups in total. The third-order valence-corrected chi connectivity index (χ3v) is 4.18. The predicted molar refractivity (Wildman–Crippen MR) is 83.4 cm³/mol. The van der Waals surface area contributed by atoms with Crippen LogP contribution in [0.15, 0.2) is 24.3 Å². The molecule has 1 unspecified atom stereocenters. The number of rotatable bonds is 8. The maximum absolute atomic E-state index is 6.00. The van der Waals surface area contributed by atoms with Gasteiger partial charge in [-0.1, -0.05) is 30.7 Å². The van der Waals surface area contributed by atoms with Gasteiger partial charge >= 0.3 is 0 Å². The van der Waals surface area contributed by atoms with Crippen molar-refractivity contribution in [3.63, 3.8) is 0 Å². The molecule has 1 atom stereocenters. The Morgan fingerprint density at radius 3 is 2.83 bits per heavy atom. The van der Waals surface area contributed by atoms with Gasteiger partial charge in [-0.2, -0.15) is 11.8 Å². The molecule has 0 amide bonds. The van der Waals surface area contributed by atoms with Crippen molar-refractivity contribution in [2.45, 2.75) is 25.9 Å². The molecule has 0 aliphatic rings. The van der Waals surface area contributed by atoms with Gasteiger partial charge in [0.05, 0.1) is 0 Å². The van der Waals surface area contributed by atoms with Crippen LogP contribution in [0.4, 0.5) is 0 Å². The van der Waals surface area contributed by atoms with E-state index in [4.69, 9.17) is 17.3 Å². The number of likely N-dealkylation sites (N-methyl/N-ethyl adjacent to an activating group) is 1. The summed E-state index contributed by atoms with van der Waals surface area (Å²) in [6, 6.07) is 8.48. The molecule has 0 radical (unpaired) electrons. The number of hydrogen-bond acceptors (Lipinski definition) is 3. The Labute approximate surface area is 120 Å². The van der Waals surface area contributed by atoms with E-state index in [-0.39, 0.29) is 0 Å². The minimum Gasteiger partial charge on any atom is -0.329 e. The normalized spacial score (nSPS) is 12.9. The molecule has 1 aromatic rings. The average Bonchev–Trinajstić information content (AvgIpc) is 2.34. The second kappa shape index (κ2) is 8.81. The summed E-state index contributed by atoms with van der Waals surface area (Å²) in [4.78, 5) is 2.32. The summed E-state index contributed by atoms with van der Waals surface area (Å²) in [6.45, 7) is 3.80. The molecule has 0 aromatic heterocycles. The number of nitrogens with two attached hydrogens (primary N) is 1. The van der Waals surface area contributed by atoms with Crippen LogP contribution >= 0.6 is 23.4 Å². The first kappa shape index (κ1) is 15.8. The first-order valence-corrected chi connectivity index (χ1v) is 7.93. The lowest BCUT2D eigenvalue weighted by atomic mass is 10.1. The molecule has 0 spiro atoms. The van der Waals surface area contributed by atoms with Crippen molar-refractivity contribution in [2.75, 3.05) is 25.1 Å². The number of thioether (sulfide) groups is 1. The molecule has 102 valence electrons. The molecular formula is C14H23ClN2S. The van der Waals surface area contributed by atoms with Crippen molar-refractivity contribution >= 4 is 23.4 Å². The van der Waals surface area contributed by atoms with E-state index >= 15 is 0 Å². The van der Waals surface area contributed by atoms with Gasteiger partial charge < -0.3 is 5.73 Å². The van der Waals surface area contributed by atoms with Crippen molar-refractivity contribution in [1.82, 2.24) is 4.90 Å². The minimum absolute atomic E-state index is 0.447. The molecular weight excluding hydrogens is 264 g/mol. The third kappa shape index (κ3) is 5.61. The van der Waals surface area contributed by atoms with Crippen molar-refractivity contribution in [3.8, 4) is 0 Å². The number of halogens is 1. The number of nitrogens with zero attached hydrogens (tertiary/aromatic N) is 1. The van der Waals surface area contributed by atoms with Crippen LogP contribution in [-0.2, 0) is 6.54 Å². The Morgan fingerprint density at radius 1 is 1.44 bits per heavy atom. The minimum atomic E-state index is 0.447. The SMILES string of the molecule is CCSCCC(CN)N(C)Cc1cccc(Cl)c1. The second-order valence-electron chi connectivity index (χ2n) is 4.42. The first-order valence-electron chi connectivity index (χ1n) is 6.39. The highest BCUT2D eigenvalue weighted by atomic mass is 35.5. The summed E-state index contributed by atoms with van der Waals surface area (Å²) < 4.78 is 0. The summed E-state index contributed by atoms with van der Waals surface area (Å²) >= 11 is 7.97. The van der Waals surface area contributed by atoms with E-state index in [1.54, 1.807) is 0 Å². The lowest BCUT2D eigenvalue weighted by molar-refractivity contribution is 0.234. The van der Waals surface area contributed by atoms with E-state index in [0.717, 1.165) is 18.0 Å². The highest BCUT2D eigenvalue weighted by molar-refractivity contribution is 7.99. The summed E-state index contributed by atoms with van der Waals surface area (Å²) in [5.41, 5.74) is 7.10. The Kier molecular flexibility index (Phi) is 7.75. The Morgan fingerprint density at radius 2 is 2.22 bits per heavy atom. The molecule has 4 heteroatoms. The molecule has 18 heavy (non-hydrogen) atoms. The molecule has 0 aliphatic carbocycles. The van der Waals surface area contributed by atoms with Gasteiger partial charge in [0.25, 0.3) is 0 Å². The van der Waals surface area contributed by atoms with Crippen LogP contribution in [0.1, 0.15) is 18.9 Å².